The largest absolute Gasteiger partial charge is 0.481 e. The van der Waals surface area contributed by atoms with E-state index in [1.807, 2.05) is 6.92 Å². The lowest BCUT2D eigenvalue weighted by Gasteiger charge is -2.06. The van der Waals surface area contributed by atoms with Gasteiger partial charge < -0.3 is 15.2 Å². The molecule has 0 aromatic heterocycles. The van der Waals surface area contributed by atoms with Gasteiger partial charge in [-0.15, -0.1) is 0 Å². The Morgan fingerprint density at radius 1 is 1.14 bits per heavy atom. The molecule has 0 heterocycles. The van der Waals surface area contributed by atoms with Gasteiger partial charge in [0.2, 0.25) is 5.91 Å². The highest BCUT2D eigenvalue weighted by molar-refractivity contribution is 5.94. The van der Waals surface area contributed by atoms with Crippen molar-refractivity contribution >= 4 is 23.5 Å². The number of carboxylic acid groups (broad SMARTS) is 1. The first-order valence-corrected chi connectivity index (χ1v) is 6.81. The van der Waals surface area contributed by atoms with Crippen LogP contribution < -0.4 is 5.32 Å². The number of benzene rings is 1. The predicted octanol–water partition coefficient (Wildman–Crippen LogP) is 2.45. The summed E-state index contributed by atoms with van der Waals surface area (Å²) in [5, 5.41) is 11.0. The van der Waals surface area contributed by atoms with Crippen LogP contribution in [0, 0.1) is 0 Å². The Bertz CT molecular complexity index is 495. The number of anilines is 1. The standard InChI is InChI=1S/C15H19NO5/c1-2-3-10-21-15(20)11-4-6-12(7-5-11)16-13(17)8-9-14(18)19/h4-7H,2-3,8-10H2,1H3,(H,16,17)(H,18,19). The summed E-state index contributed by atoms with van der Waals surface area (Å²) in [5.74, 6) is -1.79. The maximum atomic E-state index is 11.7. The molecule has 0 bridgehead atoms. The molecule has 0 saturated heterocycles. The molecule has 0 aliphatic heterocycles. The molecule has 0 fully saturated rings. The molecule has 0 radical (unpaired) electrons. The average Bonchev–Trinajstić information content (AvgIpc) is 2.46. The summed E-state index contributed by atoms with van der Waals surface area (Å²) in [6, 6.07) is 6.27. The number of carbonyl (C=O) groups excluding carboxylic acids is 2. The van der Waals surface area contributed by atoms with Gasteiger partial charge in [-0.1, -0.05) is 13.3 Å². The van der Waals surface area contributed by atoms with Gasteiger partial charge in [-0.25, -0.2) is 4.79 Å². The van der Waals surface area contributed by atoms with Gasteiger partial charge in [-0.2, -0.15) is 0 Å². The Balaban J connectivity index is 2.48. The van der Waals surface area contributed by atoms with Crippen molar-refractivity contribution in [3.8, 4) is 0 Å². The number of hydrogen-bond acceptors (Lipinski definition) is 4. The molecule has 1 aromatic carbocycles. The van der Waals surface area contributed by atoms with Gasteiger partial charge in [0.25, 0.3) is 0 Å². The zero-order valence-electron chi connectivity index (χ0n) is 11.9. The molecule has 0 atom stereocenters. The number of nitrogens with one attached hydrogen (secondary N) is 1. The van der Waals surface area contributed by atoms with E-state index in [4.69, 9.17) is 9.84 Å². The number of amides is 1. The Kier molecular flexibility index (Phi) is 6.94. The van der Waals surface area contributed by atoms with E-state index in [0.717, 1.165) is 12.8 Å². The molecule has 0 aliphatic rings. The number of aliphatic carboxylic acids is 1. The Morgan fingerprint density at radius 2 is 1.81 bits per heavy atom. The molecular weight excluding hydrogens is 274 g/mol. The molecule has 114 valence electrons. The number of rotatable bonds is 8. The summed E-state index contributed by atoms with van der Waals surface area (Å²) >= 11 is 0. The summed E-state index contributed by atoms with van der Waals surface area (Å²) in [5.41, 5.74) is 0.921. The lowest BCUT2D eigenvalue weighted by atomic mass is 10.2. The zero-order chi connectivity index (χ0) is 15.7. The topological polar surface area (TPSA) is 92.7 Å². The zero-order valence-corrected chi connectivity index (χ0v) is 11.9. The van der Waals surface area contributed by atoms with Gasteiger partial charge in [0, 0.05) is 12.1 Å². The van der Waals surface area contributed by atoms with E-state index in [2.05, 4.69) is 5.32 Å². The molecule has 1 aromatic rings. The number of ether oxygens (including phenoxy) is 1. The molecule has 1 amide bonds. The number of esters is 1. The maximum absolute atomic E-state index is 11.7. The Hall–Kier alpha value is -2.37. The van der Waals surface area contributed by atoms with Gasteiger partial charge in [-0.3, -0.25) is 9.59 Å². The molecule has 21 heavy (non-hydrogen) atoms. The van der Waals surface area contributed by atoms with Crippen molar-refractivity contribution in [2.45, 2.75) is 32.6 Å². The molecule has 0 aliphatic carbocycles. The molecule has 0 spiro atoms. The summed E-state index contributed by atoms with van der Waals surface area (Å²) in [7, 11) is 0. The van der Waals surface area contributed by atoms with Gasteiger partial charge in [0.05, 0.1) is 18.6 Å². The minimum atomic E-state index is -1.02. The fourth-order valence-corrected chi connectivity index (χ4v) is 1.53. The predicted molar refractivity (Wildman–Crippen MR) is 77.1 cm³/mol. The van der Waals surface area contributed by atoms with Crippen molar-refractivity contribution < 1.29 is 24.2 Å². The summed E-state index contributed by atoms with van der Waals surface area (Å²) < 4.78 is 5.06. The van der Waals surface area contributed by atoms with Crippen LogP contribution in [-0.2, 0) is 14.3 Å². The van der Waals surface area contributed by atoms with E-state index in [1.54, 1.807) is 24.3 Å². The van der Waals surface area contributed by atoms with Crippen LogP contribution in [0.15, 0.2) is 24.3 Å². The number of carbonyl (C=O) groups is 3. The lowest BCUT2D eigenvalue weighted by molar-refractivity contribution is -0.138. The van der Waals surface area contributed by atoms with Crippen LogP contribution in [0.3, 0.4) is 0 Å². The molecule has 2 N–H and O–H groups in total. The maximum Gasteiger partial charge on any atom is 0.338 e. The van der Waals surface area contributed by atoms with Gasteiger partial charge >= 0.3 is 11.9 Å². The summed E-state index contributed by atoms with van der Waals surface area (Å²) in [6.45, 7) is 2.40. The second-order valence-electron chi connectivity index (χ2n) is 4.51. The minimum Gasteiger partial charge on any atom is -0.481 e. The number of carboxylic acids is 1. The van der Waals surface area contributed by atoms with Crippen molar-refractivity contribution in [3.63, 3.8) is 0 Å². The molecule has 0 unspecified atom stereocenters. The van der Waals surface area contributed by atoms with Crippen molar-refractivity contribution in [1.29, 1.82) is 0 Å². The van der Waals surface area contributed by atoms with E-state index in [1.165, 1.54) is 0 Å². The highest BCUT2D eigenvalue weighted by Gasteiger charge is 2.08. The third kappa shape index (κ3) is 6.56. The van der Waals surface area contributed by atoms with Crippen molar-refractivity contribution in [3.05, 3.63) is 29.8 Å². The van der Waals surface area contributed by atoms with E-state index < -0.39 is 11.9 Å². The van der Waals surface area contributed by atoms with E-state index in [9.17, 15) is 14.4 Å². The molecule has 6 nitrogen and oxygen atoms in total. The first kappa shape index (κ1) is 16.7. The number of hydrogen-bond donors (Lipinski definition) is 2. The molecule has 1 rings (SSSR count). The third-order valence-corrected chi connectivity index (χ3v) is 2.70. The van der Waals surface area contributed by atoms with E-state index in [-0.39, 0.29) is 18.7 Å². The van der Waals surface area contributed by atoms with Gasteiger partial charge in [0.1, 0.15) is 0 Å². The lowest BCUT2D eigenvalue weighted by Crippen LogP contribution is -2.13. The normalized spacial score (nSPS) is 9.95. The third-order valence-electron chi connectivity index (χ3n) is 2.70. The van der Waals surface area contributed by atoms with Crippen molar-refractivity contribution in [1.82, 2.24) is 0 Å². The monoisotopic (exact) mass is 293 g/mol. The first-order valence-electron chi connectivity index (χ1n) is 6.81. The quantitative estimate of drug-likeness (QED) is 0.567. The fraction of sp³-hybridized carbons (Fsp3) is 0.400. The molecule has 6 heteroatoms. The Morgan fingerprint density at radius 3 is 2.38 bits per heavy atom. The first-order chi connectivity index (χ1) is 10.0. The van der Waals surface area contributed by atoms with E-state index >= 15 is 0 Å². The second-order valence-corrected chi connectivity index (χ2v) is 4.51. The van der Waals surface area contributed by atoms with Crippen molar-refractivity contribution in [2.24, 2.45) is 0 Å². The fourth-order valence-electron chi connectivity index (χ4n) is 1.53. The average molecular weight is 293 g/mol. The van der Waals surface area contributed by atoms with E-state index in [0.29, 0.717) is 17.9 Å². The molecule has 0 saturated carbocycles. The van der Waals surface area contributed by atoms with Crippen LogP contribution in [-0.4, -0.2) is 29.6 Å². The highest BCUT2D eigenvalue weighted by atomic mass is 16.5. The Labute approximate surface area is 123 Å². The van der Waals surface area contributed by atoms with Crippen LogP contribution in [0.4, 0.5) is 5.69 Å². The minimum absolute atomic E-state index is 0.0872. The van der Waals surface area contributed by atoms with Gasteiger partial charge in [0.15, 0.2) is 0 Å². The van der Waals surface area contributed by atoms with Crippen LogP contribution in [0.2, 0.25) is 0 Å². The van der Waals surface area contributed by atoms with Crippen LogP contribution >= 0.6 is 0 Å². The highest BCUT2D eigenvalue weighted by Crippen LogP contribution is 2.11. The summed E-state index contributed by atoms with van der Waals surface area (Å²) in [6.07, 6.45) is 1.47. The smallest absolute Gasteiger partial charge is 0.338 e. The van der Waals surface area contributed by atoms with Crippen LogP contribution in [0.5, 0.6) is 0 Å². The van der Waals surface area contributed by atoms with Gasteiger partial charge in [-0.05, 0) is 30.7 Å². The summed E-state index contributed by atoms with van der Waals surface area (Å²) in [4.78, 5) is 33.5. The second kappa shape index (κ2) is 8.73. The van der Waals surface area contributed by atoms with Crippen LogP contribution in [0.1, 0.15) is 43.0 Å². The number of unbranched alkanes of at least 4 members (excludes halogenated alkanes) is 1. The van der Waals surface area contributed by atoms with Crippen molar-refractivity contribution in [2.75, 3.05) is 11.9 Å². The molecular formula is C15H19NO5. The van der Waals surface area contributed by atoms with Crippen LogP contribution in [0.25, 0.3) is 0 Å². The SMILES string of the molecule is CCCCOC(=O)c1ccc(NC(=O)CCC(=O)O)cc1.